The molecule has 0 aliphatic carbocycles. The Balaban J connectivity index is 2.78. The minimum Gasteiger partial charge on any atom is -0.246 e. The molecule has 1 aromatic heterocycles. The number of pyridine rings is 1. The summed E-state index contributed by atoms with van der Waals surface area (Å²) in [6.07, 6.45) is 2.90. The zero-order chi connectivity index (χ0) is 10.2. The van der Waals surface area contributed by atoms with Crippen molar-refractivity contribution in [3.8, 4) is 0 Å². The molecule has 0 atom stereocenters. The lowest BCUT2D eigenvalue weighted by Crippen LogP contribution is -2.11. The van der Waals surface area contributed by atoms with Crippen molar-refractivity contribution in [3.05, 3.63) is 42.1 Å². The normalized spacial score (nSPS) is 11.9. The first-order chi connectivity index (χ1) is 6.59. The molecule has 1 radical (unpaired) electrons. The molecule has 0 aliphatic heterocycles. The molecule has 1 nitrogen and oxygen atoms in total. The second-order valence-corrected chi connectivity index (χ2v) is 4.57. The van der Waals surface area contributed by atoms with E-state index in [0.29, 0.717) is 0 Å². The van der Waals surface area contributed by atoms with Gasteiger partial charge >= 0.3 is 0 Å². The van der Waals surface area contributed by atoms with Crippen LogP contribution in [0.15, 0.2) is 30.3 Å². The van der Waals surface area contributed by atoms with Crippen molar-refractivity contribution in [3.63, 3.8) is 0 Å². The number of rotatable bonds is 0. The van der Waals surface area contributed by atoms with Crippen molar-refractivity contribution in [2.45, 2.75) is 26.2 Å². The van der Waals surface area contributed by atoms with Crippen molar-refractivity contribution in [2.75, 3.05) is 0 Å². The maximum atomic E-state index is 4.32. The third-order valence-electron chi connectivity index (χ3n) is 2.39. The summed E-state index contributed by atoms with van der Waals surface area (Å²) in [5.41, 5.74) is 2.50. The fraction of sp³-hybridized carbons (Fsp3) is 0.308. The SMILES string of the molecule is CC(C)(C)c1cccc2cc[c]nc12. The summed E-state index contributed by atoms with van der Waals surface area (Å²) in [6, 6.07) is 10.2. The van der Waals surface area contributed by atoms with Gasteiger partial charge in [0.05, 0.1) is 11.7 Å². The molecule has 0 aliphatic rings. The fourth-order valence-corrected chi connectivity index (χ4v) is 1.65. The highest BCUT2D eigenvalue weighted by molar-refractivity contribution is 5.82. The Bertz CT molecular complexity index is 447. The van der Waals surface area contributed by atoms with E-state index in [0.717, 1.165) is 5.52 Å². The van der Waals surface area contributed by atoms with Crippen LogP contribution >= 0.6 is 0 Å². The zero-order valence-electron chi connectivity index (χ0n) is 8.83. The van der Waals surface area contributed by atoms with Gasteiger partial charge in [-0.15, -0.1) is 0 Å². The highest BCUT2D eigenvalue weighted by Crippen LogP contribution is 2.27. The molecule has 0 amide bonds. The molecule has 0 unspecified atom stereocenters. The Morgan fingerprint density at radius 3 is 2.64 bits per heavy atom. The van der Waals surface area contributed by atoms with E-state index in [2.05, 4.69) is 56.2 Å². The van der Waals surface area contributed by atoms with Gasteiger partial charge in [-0.1, -0.05) is 45.0 Å². The molecule has 0 saturated heterocycles. The average Bonchev–Trinajstić information content (AvgIpc) is 2.15. The van der Waals surface area contributed by atoms with Gasteiger partial charge in [-0.2, -0.15) is 0 Å². The monoisotopic (exact) mass is 184 g/mol. The maximum absolute atomic E-state index is 4.32. The Labute approximate surface area is 84.8 Å². The zero-order valence-corrected chi connectivity index (χ0v) is 8.83. The van der Waals surface area contributed by atoms with E-state index in [1.165, 1.54) is 10.9 Å². The second kappa shape index (κ2) is 3.09. The summed E-state index contributed by atoms with van der Waals surface area (Å²) in [4.78, 5) is 4.32. The van der Waals surface area contributed by atoms with Crippen LogP contribution < -0.4 is 0 Å². The number of hydrogen-bond acceptors (Lipinski definition) is 1. The van der Waals surface area contributed by atoms with Gasteiger partial charge in [-0.05, 0) is 17.0 Å². The van der Waals surface area contributed by atoms with Crippen LogP contribution in [0.5, 0.6) is 0 Å². The lowest BCUT2D eigenvalue weighted by molar-refractivity contribution is 0.594. The second-order valence-electron chi connectivity index (χ2n) is 4.57. The standard InChI is InChI=1S/C13H14N/c1-13(2,3)11-8-4-6-10-7-5-9-14-12(10)11/h4-8H,1-3H3. The van der Waals surface area contributed by atoms with Crippen LogP contribution in [0.4, 0.5) is 0 Å². The van der Waals surface area contributed by atoms with Crippen LogP contribution in [-0.4, -0.2) is 4.98 Å². The van der Waals surface area contributed by atoms with Crippen LogP contribution in [0.1, 0.15) is 26.3 Å². The van der Waals surface area contributed by atoms with Gasteiger partial charge in [0.1, 0.15) is 0 Å². The molecule has 2 rings (SSSR count). The molecule has 0 spiro atoms. The van der Waals surface area contributed by atoms with E-state index in [1.54, 1.807) is 0 Å². The third-order valence-corrected chi connectivity index (χ3v) is 2.39. The van der Waals surface area contributed by atoms with Crippen LogP contribution in [0.2, 0.25) is 0 Å². The maximum Gasteiger partial charge on any atom is 0.0894 e. The summed E-state index contributed by atoms with van der Waals surface area (Å²) >= 11 is 0. The Morgan fingerprint density at radius 1 is 1.14 bits per heavy atom. The Kier molecular flexibility index (Phi) is 2.03. The summed E-state index contributed by atoms with van der Waals surface area (Å²) in [5, 5.41) is 1.19. The molecule has 2 aromatic rings. The number of aromatic nitrogens is 1. The first kappa shape index (κ1) is 9.20. The number of nitrogens with zero attached hydrogens (tertiary/aromatic N) is 1. The van der Waals surface area contributed by atoms with Crippen molar-refractivity contribution >= 4 is 10.9 Å². The predicted molar refractivity (Wildman–Crippen MR) is 59.3 cm³/mol. The van der Waals surface area contributed by atoms with Crippen molar-refractivity contribution in [1.82, 2.24) is 4.98 Å². The quantitative estimate of drug-likeness (QED) is 0.612. The predicted octanol–water partition coefficient (Wildman–Crippen LogP) is 3.33. The van der Waals surface area contributed by atoms with Crippen molar-refractivity contribution in [1.29, 1.82) is 0 Å². The van der Waals surface area contributed by atoms with Gasteiger partial charge in [0, 0.05) is 5.39 Å². The summed E-state index contributed by atoms with van der Waals surface area (Å²) < 4.78 is 0. The molecular formula is C13H14N. The fourth-order valence-electron chi connectivity index (χ4n) is 1.65. The topological polar surface area (TPSA) is 12.9 Å². The number of para-hydroxylation sites is 1. The van der Waals surface area contributed by atoms with Crippen LogP contribution in [0.3, 0.4) is 0 Å². The summed E-state index contributed by atoms with van der Waals surface area (Å²) in [6.45, 7) is 6.61. The van der Waals surface area contributed by atoms with Gasteiger partial charge in [0.15, 0.2) is 0 Å². The molecule has 0 N–H and O–H groups in total. The molecule has 0 fully saturated rings. The van der Waals surface area contributed by atoms with E-state index in [9.17, 15) is 0 Å². The molecular weight excluding hydrogens is 170 g/mol. The molecule has 1 heterocycles. The molecule has 0 bridgehead atoms. The van der Waals surface area contributed by atoms with Crippen LogP contribution in [0.25, 0.3) is 10.9 Å². The van der Waals surface area contributed by atoms with Crippen LogP contribution in [-0.2, 0) is 5.41 Å². The van der Waals surface area contributed by atoms with Crippen LogP contribution in [0, 0.1) is 6.20 Å². The van der Waals surface area contributed by atoms with Gasteiger partial charge in [0.25, 0.3) is 0 Å². The van der Waals surface area contributed by atoms with Gasteiger partial charge in [-0.3, -0.25) is 0 Å². The largest absolute Gasteiger partial charge is 0.246 e. The van der Waals surface area contributed by atoms with E-state index in [-0.39, 0.29) is 5.41 Å². The lowest BCUT2D eigenvalue weighted by Gasteiger charge is -2.20. The van der Waals surface area contributed by atoms with Crippen molar-refractivity contribution in [2.24, 2.45) is 0 Å². The lowest BCUT2D eigenvalue weighted by atomic mass is 9.85. The smallest absolute Gasteiger partial charge is 0.0894 e. The third kappa shape index (κ3) is 1.50. The summed E-state index contributed by atoms with van der Waals surface area (Å²) in [5.74, 6) is 0. The van der Waals surface area contributed by atoms with Crippen molar-refractivity contribution < 1.29 is 0 Å². The number of fused-ring (bicyclic) bond motifs is 1. The Hall–Kier alpha value is -1.37. The number of hydrogen-bond donors (Lipinski definition) is 0. The summed E-state index contributed by atoms with van der Waals surface area (Å²) in [7, 11) is 0. The molecule has 71 valence electrons. The highest BCUT2D eigenvalue weighted by atomic mass is 14.7. The van der Waals surface area contributed by atoms with E-state index in [1.807, 2.05) is 6.07 Å². The Morgan fingerprint density at radius 2 is 1.93 bits per heavy atom. The van der Waals surface area contributed by atoms with Gasteiger partial charge in [-0.25, -0.2) is 4.98 Å². The minimum absolute atomic E-state index is 0.141. The highest BCUT2D eigenvalue weighted by Gasteiger charge is 2.16. The van der Waals surface area contributed by atoms with Gasteiger partial charge in [0.2, 0.25) is 0 Å². The molecule has 14 heavy (non-hydrogen) atoms. The molecule has 1 aromatic carbocycles. The molecule has 1 heteroatoms. The van der Waals surface area contributed by atoms with E-state index < -0.39 is 0 Å². The molecule has 0 saturated carbocycles. The first-order valence-electron chi connectivity index (χ1n) is 4.85. The van der Waals surface area contributed by atoms with Gasteiger partial charge < -0.3 is 0 Å². The minimum atomic E-state index is 0.141. The van der Waals surface area contributed by atoms with E-state index in [4.69, 9.17) is 0 Å². The number of benzene rings is 1. The average molecular weight is 184 g/mol. The first-order valence-corrected chi connectivity index (χ1v) is 4.85. The van der Waals surface area contributed by atoms with E-state index >= 15 is 0 Å².